The maximum atomic E-state index is 9.07. The molecule has 10 aromatic rings. The lowest BCUT2D eigenvalue weighted by molar-refractivity contribution is 0.409. The van der Waals surface area contributed by atoms with E-state index in [0.29, 0.717) is 62.0 Å². The Labute approximate surface area is 372 Å². The molecule has 0 aliphatic heterocycles. The number of ether oxygens (including phenoxy) is 3. The summed E-state index contributed by atoms with van der Waals surface area (Å²) in [6.45, 7) is 0. The van der Waals surface area contributed by atoms with Crippen molar-refractivity contribution in [3.05, 3.63) is 138 Å². The third-order valence-corrected chi connectivity index (χ3v) is 9.02. The first-order chi connectivity index (χ1) is 30.6. The number of hydrogen-bond donors (Lipinski definition) is 3. The quantitative estimate of drug-likeness (QED) is 0.138. The Bertz CT molecular complexity index is 3170. The number of nitriles is 2. The van der Waals surface area contributed by atoms with Crippen molar-refractivity contribution in [3.8, 4) is 46.5 Å². The Morgan fingerprint density at radius 1 is 0.594 bits per heavy atom. The van der Waals surface area contributed by atoms with Gasteiger partial charge >= 0.3 is 7.12 Å². The summed E-state index contributed by atoms with van der Waals surface area (Å²) in [5.74, 6) is 2.62. The number of methoxy groups -OCH3 is 3. The van der Waals surface area contributed by atoms with Crippen molar-refractivity contribution in [2.75, 3.05) is 21.3 Å². The predicted octanol–water partition coefficient (Wildman–Crippen LogP) is 8.01. The monoisotopic (exact) mass is 926 g/mol. The van der Waals surface area contributed by atoms with Gasteiger partial charge in [-0.25, -0.2) is 19.9 Å². The lowest BCUT2D eigenvalue weighted by Gasteiger charge is -1.98. The molecule has 0 bridgehead atoms. The predicted molar refractivity (Wildman–Crippen MR) is 239 cm³/mol. The summed E-state index contributed by atoms with van der Waals surface area (Å²) in [4.78, 5) is 23.9. The van der Waals surface area contributed by atoms with Gasteiger partial charge in [-0.2, -0.15) is 10.5 Å². The molecular formula is C44H36BBrN8O10. The number of aromatic hydroxyl groups is 1. The Balaban J connectivity index is 0.000000154. The Morgan fingerprint density at radius 3 is 1.64 bits per heavy atom. The summed E-state index contributed by atoms with van der Waals surface area (Å²) in [6, 6.07) is 21.1. The molecule has 0 fully saturated rings. The molecule has 0 saturated heterocycles. The minimum Gasteiger partial charge on any atom is -0.506 e. The number of aromatic nitrogens is 6. The van der Waals surface area contributed by atoms with Crippen molar-refractivity contribution >= 4 is 73.1 Å². The Morgan fingerprint density at radius 2 is 1.09 bits per heavy atom. The first kappa shape index (κ1) is 46.8. The van der Waals surface area contributed by atoms with Gasteiger partial charge in [-0.15, -0.1) is 0 Å². The molecule has 64 heavy (non-hydrogen) atoms. The highest BCUT2D eigenvalue weighted by atomic mass is 79.9. The molecule has 0 atom stereocenters. The lowest BCUT2D eigenvalue weighted by atomic mass is 9.88. The number of pyridine rings is 6. The summed E-state index contributed by atoms with van der Waals surface area (Å²) in [7, 11) is 3.08. The van der Waals surface area contributed by atoms with Crippen LogP contribution in [0.15, 0.2) is 145 Å². The third kappa shape index (κ3) is 12.0. The fourth-order valence-electron chi connectivity index (χ4n) is 5.24. The average molecular weight is 928 g/mol. The van der Waals surface area contributed by atoms with Gasteiger partial charge in [0.1, 0.15) is 68.6 Å². The first-order valence-corrected chi connectivity index (χ1v) is 18.9. The van der Waals surface area contributed by atoms with Crippen LogP contribution in [0, 0.1) is 22.7 Å². The number of rotatable bonds is 5. The van der Waals surface area contributed by atoms with E-state index in [1.54, 1.807) is 81.7 Å². The van der Waals surface area contributed by atoms with Gasteiger partial charge < -0.3 is 47.0 Å². The van der Waals surface area contributed by atoms with Crippen LogP contribution in [-0.2, 0) is 0 Å². The highest BCUT2D eigenvalue weighted by molar-refractivity contribution is 9.10. The van der Waals surface area contributed by atoms with Crippen LogP contribution in [0.1, 0.15) is 18.6 Å². The number of hydrogen-bond acceptors (Lipinski definition) is 18. The van der Waals surface area contributed by atoms with Crippen LogP contribution >= 0.6 is 15.9 Å². The van der Waals surface area contributed by atoms with Crippen LogP contribution in [0.2, 0.25) is 0 Å². The van der Waals surface area contributed by atoms with Gasteiger partial charge in [0.2, 0.25) is 0 Å². The van der Waals surface area contributed by atoms with Crippen LogP contribution < -0.4 is 19.9 Å². The topological polar surface area (TPSA) is 266 Å². The zero-order valence-electron chi connectivity index (χ0n) is 33.3. The number of furan rings is 4. The molecule has 0 saturated carbocycles. The molecule has 0 aliphatic rings. The molecule has 322 valence electrons. The van der Waals surface area contributed by atoms with Crippen molar-refractivity contribution in [3.63, 3.8) is 0 Å². The second-order valence-electron chi connectivity index (χ2n) is 12.3. The highest BCUT2D eigenvalue weighted by Crippen LogP contribution is 2.30. The van der Waals surface area contributed by atoms with Crippen LogP contribution in [0.5, 0.6) is 23.0 Å². The molecule has 3 N–H and O–H groups in total. The van der Waals surface area contributed by atoms with Crippen molar-refractivity contribution in [2.24, 2.45) is 0 Å². The van der Waals surface area contributed by atoms with Gasteiger partial charge in [-0.1, -0.05) is 7.43 Å². The van der Waals surface area contributed by atoms with Crippen LogP contribution in [-0.4, -0.2) is 73.5 Å². The van der Waals surface area contributed by atoms with Crippen molar-refractivity contribution in [1.82, 2.24) is 29.9 Å². The van der Waals surface area contributed by atoms with E-state index >= 15 is 0 Å². The largest absolute Gasteiger partial charge is 0.526 e. The molecule has 0 spiro atoms. The zero-order chi connectivity index (χ0) is 44.7. The molecular weight excluding hydrogens is 891 g/mol. The van der Waals surface area contributed by atoms with E-state index in [4.69, 9.17) is 57.6 Å². The van der Waals surface area contributed by atoms with E-state index in [9.17, 15) is 0 Å². The molecule has 18 nitrogen and oxygen atoms in total. The number of halogens is 1. The fraction of sp³-hybridized carbons (Fsp3) is 0.0909. The van der Waals surface area contributed by atoms with Gasteiger partial charge in [-0.3, -0.25) is 9.97 Å². The van der Waals surface area contributed by atoms with Crippen molar-refractivity contribution in [1.29, 1.82) is 10.5 Å². The van der Waals surface area contributed by atoms with Gasteiger partial charge in [0, 0.05) is 83.4 Å². The fourth-order valence-corrected chi connectivity index (χ4v) is 5.54. The summed E-state index contributed by atoms with van der Waals surface area (Å²) >= 11 is 3.19. The van der Waals surface area contributed by atoms with Gasteiger partial charge in [0.25, 0.3) is 0 Å². The summed E-state index contributed by atoms with van der Waals surface area (Å²) in [6.07, 6.45) is 15.6. The average Bonchev–Trinajstić information content (AvgIpc) is 4.15. The molecule has 0 unspecified atom stereocenters. The van der Waals surface area contributed by atoms with Gasteiger partial charge in [0.05, 0.1) is 69.8 Å². The summed E-state index contributed by atoms with van der Waals surface area (Å²) in [5.41, 5.74) is 7.15. The zero-order valence-corrected chi connectivity index (χ0v) is 34.9. The third-order valence-electron chi connectivity index (χ3n) is 8.33. The first-order valence-electron chi connectivity index (χ1n) is 18.1. The van der Waals surface area contributed by atoms with Crippen molar-refractivity contribution < 1.29 is 47.0 Å². The smallest absolute Gasteiger partial charge is 0.506 e. The van der Waals surface area contributed by atoms with E-state index in [2.05, 4.69) is 51.9 Å². The van der Waals surface area contributed by atoms with Crippen LogP contribution in [0.25, 0.3) is 55.7 Å². The van der Waals surface area contributed by atoms with Gasteiger partial charge in [0.15, 0.2) is 22.3 Å². The van der Waals surface area contributed by atoms with Crippen LogP contribution in [0.4, 0.5) is 0 Å². The molecule has 20 heteroatoms. The SMILES string of the molecule is C.COc1cnc2cc(-c3ccncc3C#N)oc2c1.COc1cnc2cc(B(O)O)oc2c1.COc1cnc2ccoc2c1.N#Cc1cnccc1Br.Oc1cnc2ccoc2c1. The number of fused-ring (bicyclic) bond motifs is 4. The minimum absolute atomic E-state index is 0. The Kier molecular flexibility index (Phi) is 16.5. The molecule has 0 aromatic carbocycles. The van der Waals surface area contributed by atoms with E-state index in [1.165, 1.54) is 50.3 Å². The normalized spacial score (nSPS) is 9.94. The summed E-state index contributed by atoms with van der Waals surface area (Å²) in [5, 5.41) is 44.1. The molecule has 10 rings (SSSR count). The molecule has 10 heterocycles. The second kappa shape index (κ2) is 22.5. The molecule has 0 amide bonds. The maximum absolute atomic E-state index is 9.07. The molecule has 0 aliphatic carbocycles. The molecule has 0 radical (unpaired) electrons. The standard InChI is InChI=1S/C14H9N3O2.C8H8BNO4.C8H7NO2.C7H5NO2.C6H3BrN2.CH4/c1-18-10-4-14-12(17-8-10)5-13(19-14)11-2-3-16-7-9(11)6-15;1-13-5-2-7-6(10-4-5)3-8(14-7)9(11)12;1-10-6-4-8-7(9-5-6)2-3-11-8;9-5-3-7-6(8-4-5)1-2-10-7;7-6-1-2-9-4-5(6)3-8;/h2-5,7-8H,1H3;2-4,11-12H,1H3;2-5H,1H3;1-4,9H;1-2,4H;1H4. The maximum Gasteiger partial charge on any atom is 0.526 e. The van der Waals surface area contributed by atoms with E-state index < -0.39 is 7.12 Å². The van der Waals surface area contributed by atoms with E-state index in [1.807, 2.05) is 18.2 Å². The van der Waals surface area contributed by atoms with Gasteiger partial charge in [-0.05, 0) is 28.1 Å². The lowest BCUT2D eigenvalue weighted by Crippen LogP contribution is -2.27. The van der Waals surface area contributed by atoms with E-state index in [0.717, 1.165) is 26.6 Å². The number of nitrogens with zero attached hydrogens (tertiary/aromatic N) is 8. The molecule has 10 aromatic heterocycles. The Hall–Kier alpha value is -8.30. The highest BCUT2D eigenvalue weighted by Gasteiger charge is 2.18. The minimum atomic E-state index is -1.62. The van der Waals surface area contributed by atoms with E-state index in [-0.39, 0.29) is 18.8 Å². The van der Waals surface area contributed by atoms with Crippen molar-refractivity contribution in [2.45, 2.75) is 7.43 Å². The second-order valence-corrected chi connectivity index (χ2v) is 13.2. The van der Waals surface area contributed by atoms with Crippen LogP contribution in [0.3, 0.4) is 0 Å². The summed E-state index contributed by atoms with van der Waals surface area (Å²) < 4.78 is 36.7.